The zero-order chi connectivity index (χ0) is 18.9. The third-order valence-electron chi connectivity index (χ3n) is 4.65. The third kappa shape index (κ3) is 7.34. The van der Waals surface area contributed by atoms with Gasteiger partial charge in [0, 0.05) is 25.7 Å². The summed E-state index contributed by atoms with van der Waals surface area (Å²) in [5.74, 6) is 0. The van der Waals surface area contributed by atoms with E-state index in [9.17, 15) is 4.79 Å². The number of amides is 2. The van der Waals surface area contributed by atoms with E-state index in [1.807, 2.05) is 38.0 Å². The fourth-order valence-electron chi connectivity index (χ4n) is 3.06. The predicted molar refractivity (Wildman–Crippen MR) is 102 cm³/mol. The van der Waals surface area contributed by atoms with E-state index >= 15 is 0 Å². The van der Waals surface area contributed by atoms with Crippen molar-refractivity contribution in [2.45, 2.75) is 52.0 Å². The van der Waals surface area contributed by atoms with Gasteiger partial charge in [0.25, 0.3) is 0 Å². The van der Waals surface area contributed by atoms with Crippen molar-refractivity contribution in [2.75, 3.05) is 54.9 Å². The normalized spacial score (nSPS) is 21.2. The summed E-state index contributed by atoms with van der Waals surface area (Å²) in [6, 6.07) is 0.366. The minimum Gasteiger partial charge on any atom is -0.351 e. The van der Waals surface area contributed by atoms with Gasteiger partial charge in [-0.3, -0.25) is 14.7 Å². The standard InChI is InChI=1S/C11H26N4O.C6H14N2/c1-7-9(13(3)4)15(11(12)16)10(8-2)14(5)6;1-6-5-7-3-4-8(6)2/h9-10H,7-8H2,1-6H3,(H2,12,16);6-7H,3-5H2,1-2H3. The minimum absolute atomic E-state index is 0.0462. The zero-order valence-electron chi connectivity index (χ0n) is 17.0. The molecule has 1 heterocycles. The Balaban J connectivity index is 0.000000546. The molecule has 1 saturated heterocycles. The van der Waals surface area contributed by atoms with E-state index in [1.165, 1.54) is 6.54 Å². The average molecular weight is 345 g/mol. The molecule has 0 aromatic rings. The van der Waals surface area contributed by atoms with Crippen molar-refractivity contribution in [1.82, 2.24) is 24.9 Å². The molecule has 3 N–H and O–H groups in total. The van der Waals surface area contributed by atoms with Crippen molar-refractivity contribution in [3.05, 3.63) is 0 Å². The van der Waals surface area contributed by atoms with Gasteiger partial charge in [-0.05, 0) is 55.0 Å². The average Bonchev–Trinajstić information content (AvgIpc) is 2.50. The number of nitrogens with one attached hydrogen (secondary N) is 1. The molecule has 144 valence electrons. The van der Waals surface area contributed by atoms with E-state index in [0.29, 0.717) is 0 Å². The number of piperazine rings is 1. The lowest BCUT2D eigenvalue weighted by Gasteiger charge is -2.42. The van der Waals surface area contributed by atoms with Gasteiger partial charge in [-0.25, -0.2) is 4.79 Å². The van der Waals surface area contributed by atoms with E-state index in [1.54, 1.807) is 4.90 Å². The maximum atomic E-state index is 11.6. The van der Waals surface area contributed by atoms with Gasteiger partial charge in [-0.2, -0.15) is 0 Å². The van der Waals surface area contributed by atoms with Crippen molar-refractivity contribution >= 4 is 6.03 Å². The Bertz CT molecular complexity index is 324. The molecule has 0 bridgehead atoms. The highest BCUT2D eigenvalue weighted by molar-refractivity contribution is 5.72. The molecule has 1 fully saturated rings. The Labute approximate surface area is 149 Å². The fraction of sp³-hybridized carbons (Fsp3) is 0.941. The van der Waals surface area contributed by atoms with Crippen LogP contribution in [0.1, 0.15) is 33.6 Å². The van der Waals surface area contributed by atoms with Crippen LogP contribution in [0.3, 0.4) is 0 Å². The van der Waals surface area contributed by atoms with Crippen LogP contribution >= 0.6 is 0 Å². The molecule has 0 radical (unpaired) electrons. The van der Waals surface area contributed by atoms with Gasteiger partial charge in [0.15, 0.2) is 0 Å². The first-order chi connectivity index (χ1) is 11.2. The SMILES string of the molecule is CC1CNCCN1C.CCC(N(C)C)N(C(N)=O)C(CC)N(C)C. The Kier molecular flexibility index (Phi) is 11.2. The van der Waals surface area contributed by atoms with Crippen molar-refractivity contribution in [3.63, 3.8) is 0 Å². The number of nitrogens with zero attached hydrogens (tertiary/aromatic N) is 4. The number of carbonyl (C=O) groups excluding carboxylic acids is 1. The monoisotopic (exact) mass is 344 g/mol. The summed E-state index contributed by atoms with van der Waals surface area (Å²) in [7, 11) is 10.0. The molecule has 0 aromatic carbocycles. The number of hydrogen-bond donors (Lipinski definition) is 2. The second kappa shape index (κ2) is 11.6. The molecule has 1 rings (SSSR count). The molecule has 24 heavy (non-hydrogen) atoms. The van der Waals surface area contributed by atoms with Crippen LogP contribution in [0.2, 0.25) is 0 Å². The third-order valence-corrected chi connectivity index (χ3v) is 4.65. The summed E-state index contributed by atoms with van der Waals surface area (Å²) in [5, 5.41) is 3.32. The Hall–Kier alpha value is -0.890. The van der Waals surface area contributed by atoms with Gasteiger partial charge in [0.05, 0.1) is 12.3 Å². The number of carbonyl (C=O) groups is 1. The molecular formula is C17H40N6O. The molecule has 0 aromatic heterocycles. The summed E-state index contributed by atoms with van der Waals surface area (Å²) in [6.45, 7) is 9.86. The highest BCUT2D eigenvalue weighted by Gasteiger charge is 2.29. The van der Waals surface area contributed by atoms with E-state index in [4.69, 9.17) is 5.73 Å². The van der Waals surface area contributed by atoms with Crippen LogP contribution in [-0.2, 0) is 0 Å². The molecule has 0 aliphatic carbocycles. The number of urea groups is 1. The molecule has 7 nitrogen and oxygen atoms in total. The lowest BCUT2D eigenvalue weighted by molar-refractivity contribution is 0.0162. The lowest BCUT2D eigenvalue weighted by Crippen LogP contribution is -2.58. The highest BCUT2D eigenvalue weighted by atomic mass is 16.2. The maximum Gasteiger partial charge on any atom is 0.317 e. The molecule has 1 aliphatic rings. The van der Waals surface area contributed by atoms with Crippen LogP contribution in [0.25, 0.3) is 0 Å². The molecule has 3 unspecified atom stereocenters. The second-order valence-corrected chi connectivity index (χ2v) is 6.98. The molecule has 2 amide bonds. The van der Waals surface area contributed by atoms with E-state index in [-0.39, 0.29) is 18.4 Å². The van der Waals surface area contributed by atoms with Gasteiger partial charge in [0.1, 0.15) is 0 Å². The Morgan fingerprint density at radius 3 is 1.83 bits per heavy atom. The number of hydrogen-bond acceptors (Lipinski definition) is 5. The summed E-state index contributed by atoms with van der Waals surface area (Å²) in [5.41, 5.74) is 5.50. The van der Waals surface area contributed by atoms with Crippen LogP contribution in [-0.4, -0.2) is 98.9 Å². The second-order valence-electron chi connectivity index (χ2n) is 6.98. The van der Waals surface area contributed by atoms with Crippen molar-refractivity contribution in [3.8, 4) is 0 Å². The predicted octanol–water partition coefficient (Wildman–Crippen LogP) is 0.872. The number of likely N-dealkylation sites (N-methyl/N-ethyl adjacent to an activating group) is 1. The highest BCUT2D eigenvalue weighted by Crippen LogP contribution is 2.15. The number of primary amides is 1. The first kappa shape index (κ1) is 23.1. The molecule has 7 heteroatoms. The van der Waals surface area contributed by atoms with Gasteiger partial charge < -0.3 is 16.0 Å². The first-order valence-corrected chi connectivity index (χ1v) is 8.98. The Morgan fingerprint density at radius 1 is 1.17 bits per heavy atom. The smallest absolute Gasteiger partial charge is 0.317 e. The molecule has 0 spiro atoms. The van der Waals surface area contributed by atoms with Gasteiger partial charge in [0.2, 0.25) is 0 Å². The topological polar surface area (TPSA) is 68.1 Å². The van der Waals surface area contributed by atoms with E-state index < -0.39 is 0 Å². The summed E-state index contributed by atoms with van der Waals surface area (Å²) >= 11 is 0. The van der Waals surface area contributed by atoms with Crippen LogP contribution in [0.15, 0.2) is 0 Å². The van der Waals surface area contributed by atoms with Crippen LogP contribution in [0.5, 0.6) is 0 Å². The van der Waals surface area contributed by atoms with Gasteiger partial charge >= 0.3 is 6.03 Å². The Morgan fingerprint density at radius 2 is 1.62 bits per heavy atom. The molecule has 1 aliphatic heterocycles. The fourth-order valence-corrected chi connectivity index (χ4v) is 3.06. The van der Waals surface area contributed by atoms with Gasteiger partial charge in [-0.1, -0.05) is 13.8 Å². The molecule has 0 saturated carbocycles. The van der Waals surface area contributed by atoms with Crippen LogP contribution < -0.4 is 11.1 Å². The van der Waals surface area contributed by atoms with Gasteiger partial charge in [-0.15, -0.1) is 0 Å². The van der Waals surface area contributed by atoms with E-state index in [0.717, 1.165) is 32.0 Å². The maximum absolute atomic E-state index is 11.6. The summed E-state index contributed by atoms with van der Waals surface area (Å²) in [4.78, 5) is 19.8. The molecule has 3 atom stereocenters. The lowest BCUT2D eigenvalue weighted by atomic mass is 10.2. The van der Waals surface area contributed by atoms with Crippen molar-refractivity contribution in [1.29, 1.82) is 0 Å². The quantitative estimate of drug-likeness (QED) is 0.700. The first-order valence-electron chi connectivity index (χ1n) is 8.98. The number of nitrogens with two attached hydrogens (primary N) is 1. The number of rotatable bonds is 6. The summed E-state index contributed by atoms with van der Waals surface area (Å²) in [6.07, 6.45) is 1.82. The molecular weight excluding hydrogens is 304 g/mol. The van der Waals surface area contributed by atoms with Crippen molar-refractivity contribution in [2.24, 2.45) is 5.73 Å². The van der Waals surface area contributed by atoms with Crippen LogP contribution in [0.4, 0.5) is 4.79 Å². The minimum atomic E-state index is -0.360. The largest absolute Gasteiger partial charge is 0.351 e. The van der Waals surface area contributed by atoms with Crippen molar-refractivity contribution < 1.29 is 4.79 Å². The summed E-state index contributed by atoms with van der Waals surface area (Å²) < 4.78 is 0. The zero-order valence-corrected chi connectivity index (χ0v) is 17.0. The van der Waals surface area contributed by atoms with E-state index in [2.05, 4.69) is 38.0 Å². The van der Waals surface area contributed by atoms with Crippen LogP contribution in [0, 0.1) is 0 Å².